The molecule has 0 bridgehead atoms. The van der Waals surface area contributed by atoms with Crippen LogP contribution in [-0.4, -0.2) is 19.3 Å². The van der Waals surface area contributed by atoms with Gasteiger partial charge in [-0.2, -0.15) is 5.10 Å². The summed E-state index contributed by atoms with van der Waals surface area (Å²) in [7, 11) is 0. The standard InChI is InChI=1S/C14H17N5/c1-10(2)19-14(16-9-17-19)8-18-6-5-11-7-12(15)3-4-13(11)18/h3-7,9-10H,8,15H2,1-2H3. The van der Waals surface area contributed by atoms with Gasteiger partial charge in [-0.1, -0.05) is 0 Å². The van der Waals surface area contributed by atoms with Crippen molar-refractivity contribution in [1.82, 2.24) is 19.3 Å². The first-order chi connectivity index (χ1) is 9.15. The van der Waals surface area contributed by atoms with Gasteiger partial charge in [-0.3, -0.25) is 0 Å². The Morgan fingerprint density at radius 3 is 2.89 bits per heavy atom. The molecule has 2 heterocycles. The first-order valence-electron chi connectivity index (χ1n) is 6.38. The molecule has 0 aliphatic rings. The molecule has 0 saturated carbocycles. The number of nitrogens with zero attached hydrogens (tertiary/aromatic N) is 4. The number of aromatic nitrogens is 4. The quantitative estimate of drug-likeness (QED) is 0.731. The fourth-order valence-electron chi connectivity index (χ4n) is 2.33. The maximum absolute atomic E-state index is 5.80. The lowest BCUT2D eigenvalue weighted by molar-refractivity contribution is 0.498. The van der Waals surface area contributed by atoms with Crippen molar-refractivity contribution in [3.63, 3.8) is 0 Å². The molecule has 3 aromatic rings. The SMILES string of the molecule is CC(C)n1ncnc1Cn1ccc2cc(N)ccc21. The van der Waals surface area contributed by atoms with Crippen molar-refractivity contribution in [1.29, 1.82) is 0 Å². The smallest absolute Gasteiger partial charge is 0.147 e. The van der Waals surface area contributed by atoms with Crippen molar-refractivity contribution < 1.29 is 0 Å². The average molecular weight is 255 g/mol. The van der Waals surface area contributed by atoms with Crippen LogP contribution in [0, 0.1) is 0 Å². The zero-order valence-electron chi connectivity index (χ0n) is 11.1. The van der Waals surface area contributed by atoms with E-state index < -0.39 is 0 Å². The highest BCUT2D eigenvalue weighted by atomic mass is 15.4. The Labute approximate surface area is 111 Å². The zero-order valence-corrected chi connectivity index (χ0v) is 11.1. The van der Waals surface area contributed by atoms with Crippen LogP contribution in [0.4, 0.5) is 5.69 Å². The number of nitrogens with two attached hydrogens (primary N) is 1. The lowest BCUT2D eigenvalue weighted by atomic mass is 10.2. The molecule has 0 unspecified atom stereocenters. The van der Waals surface area contributed by atoms with Crippen molar-refractivity contribution in [2.75, 3.05) is 5.73 Å². The minimum Gasteiger partial charge on any atom is -0.399 e. The van der Waals surface area contributed by atoms with E-state index in [0.717, 1.165) is 22.4 Å². The minimum atomic E-state index is 0.315. The van der Waals surface area contributed by atoms with Crippen LogP contribution in [0.3, 0.4) is 0 Å². The Morgan fingerprint density at radius 2 is 2.11 bits per heavy atom. The Morgan fingerprint density at radius 1 is 1.26 bits per heavy atom. The molecule has 0 atom stereocenters. The third-order valence-electron chi connectivity index (χ3n) is 3.24. The summed E-state index contributed by atoms with van der Waals surface area (Å²) in [6, 6.07) is 8.34. The molecular weight excluding hydrogens is 238 g/mol. The van der Waals surface area contributed by atoms with Gasteiger partial charge in [-0.25, -0.2) is 9.67 Å². The van der Waals surface area contributed by atoms with Gasteiger partial charge in [0.05, 0.1) is 6.54 Å². The van der Waals surface area contributed by atoms with E-state index >= 15 is 0 Å². The molecule has 3 rings (SSSR count). The number of benzene rings is 1. The van der Waals surface area contributed by atoms with E-state index in [-0.39, 0.29) is 0 Å². The van der Waals surface area contributed by atoms with Gasteiger partial charge in [0.1, 0.15) is 12.2 Å². The third kappa shape index (κ3) is 2.07. The van der Waals surface area contributed by atoms with Gasteiger partial charge in [-0.15, -0.1) is 0 Å². The Kier molecular flexibility index (Phi) is 2.74. The van der Waals surface area contributed by atoms with Crippen LogP contribution in [0.2, 0.25) is 0 Å². The summed E-state index contributed by atoms with van der Waals surface area (Å²) in [6.07, 6.45) is 3.67. The van der Waals surface area contributed by atoms with Gasteiger partial charge in [-0.05, 0) is 38.1 Å². The van der Waals surface area contributed by atoms with Gasteiger partial charge in [0, 0.05) is 28.8 Å². The van der Waals surface area contributed by atoms with Crippen LogP contribution in [-0.2, 0) is 6.54 Å². The van der Waals surface area contributed by atoms with E-state index in [2.05, 4.69) is 40.8 Å². The first kappa shape index (κ1) is 11.8. The summed E-state index contributed by atoms with van der Waals surface area (Å²) in [5.74, 6) is 0.962. The highest BCUT2D eigenvalue weighted by Gasteiger charge is 2.09. The van der Waals surface area contributed by atoms with Crippen molar-refractivity contribution in [2.24, 2.45) is 0 Å². The first-order valence-corrected chi connectivity index (χ1v) is 6.38. The summed E-state index contributed by atoms with van der Waals surface area (Å²) in [5.41, 5.74) is 7.74. The second-order valence-electron chi connectivity index (χ2n) is 4.98. The predicted molar refractivity (Wildman–Crippen MR) is 75.9 cm³/mol. The van der Waals surface area contributed by atoms with Crippen molar-refractivity contribution in [3.05, 3.63) is 42.6 Å². The summed E-state index contributed by atoms with van der Waals surface area (Å²) < 4.78 is 4.11. The van der Waals surface area contributed by atoms with E-state index in [1.54, 1.807) is 6.33 Å². The molecule has 1 aromatic carbocycles. The van der Waals surface area contributed by atoms with Crippen LogP contribution in [0.25, 0.3) is 10.9 Å². The van der Waals surface area contributed by atoms with Crippen molar-refractivity contribution >= 4 is 16.6 Å². The monoisotopic (exact) mass is 255 g/mol. The molecule has 0 saturated heterocycles. The Hall–Kier alpha value is -2.30. The molecule has 0 amide bonds. The van der Waals surface area contributed by atoms with Gasteiger partial charge in [0.15, 0.2) is 0 Å². The number of nitrogen functional groups attached to an aromatic ring is 1. The lowest BCUT2D eigenvalue weighted by Crippen LogP contribution is -2.11. The molecule has 2 aromatic heterocycles. The minimum absolute atomic E-state index is 0.315. The van der Waals surface area contributed by atoms with E-state index in [1.807, 2.05) is 22.9 Å². The largest absolute Gasteiger partial charge is 0.399 e. The second-order valence-corrected chi connectivity index (χ2v) is 4.98. The van der Waals surface area contributed by atoms with Crippen LogP contribution >= 0.6 is 0 Å². The summed E-state index contributed by atoms with van der Waals surface area (Å²) >= 11 is 0. The molecule has 0 fully saturated rings. The molecule has 0 radical (unpaired) electrons. The molecule has 2 N–H and O–H groups in total. The molecule has 0 spiro atoms. The Bertz CT molecular complexity index is 708. The fraction of sp³-hybridized carbons (Fsp3) is 0.286. The average Bonchev–Trinajstić information content (AvgIpc) is 2.97. The lowest BCUT2D eigenvalue weighted by Gasteiger charge is -2.10. The molecule has 5 heteroatoms. The van der Waals surface area contributed by atoms with E-state index in [9.17, 15) is 0 Å². The van der Waals surface area contributed by atoms with Crippen LogP contribution in [0.1, 0.15) is 25.7 Å². The maximum atomic E-state index is 5.80. The number of fused-ring (bicyclic) bond motifs is 1. The van der Waals surface area contributed by atoms with E-state index in [1.165, 1.54) is 0 Å². The summed E-state index contributed by atoms with van der Waals surface area (Å²) in [5, 5.41) is 5.41. The van der Waals surface area contributed by atoms with E-state index in [4.69, 9.17) is 5.73 Å². The third-order valence-corrected chi connectivity index (χ3v) is 3.24. The highest BCUT2D eigenvalue weighted by Crippen LogP contribution is 2.20. The maximum Gasteiger partial charge on any atom is 0.147 e. The molecular formula is C14H17N5. The van der Waals surface area contributed by atoms with Gasteiger partial charge >= 0.3 is 0 Å². The highest BCUT2D eigenvalue weighted by molar-refractivity contribution is 5.83. The second kappa shape index (κ2) is 4.42. The van der Waals surface area contributed by atoms with E-state index in [0.29, 0.717) is 12.6 Å². The summed E-state index contributed by atoms with van der Waals surface area (Å²) in [4.78, 5) is 4.34. The molecule has 19 heavy (non-hydrogen) atoms. The van der Waals surface area contributed by atoms with Crippen molar-refractivity contribution in [2.45, 2.75) is 26.4 Å². The number of hydrogen-bond donors (Lipinski definition) is 1. The molecule has 98 valence electrons. The van der Waals surface area contributed by atoms with Crippen LogP contribution in [0.5, 0.6) is 0 Å². The van der Waals surface area contributed by atoms with Crippen LogP contribution < -0.4 is 5.73 Å². The number of rotatable bonds is 3. The van der Waals surface area contributed by atoms with Crippen molar-refractivity contribution in [3.8, 4) is 0 Å². The topological polar surface area (TPSA) is 61.7 Å². The van der Waals surface area contributed by atoms with Gasteiger partial charge < -0.3 is 10.3 Å². The number of hydrogen-bond acceptors (Lipinski definition) is 3. The number of anilines is 1. The van der Waals surface area contributed by atoms with Crippen LogP contribution in [0.15, 0.2) is 36.8 Å². The Balaban J connectivity index is 1.99. The molecule has 0 aliphatic carbocycles. The molecule has 0 aliphatic heterocycles. The molecule has 5 nitrogen and oxygen atoms in total. The predicted octanol–water partition coefficient (Wildman–Crippen LogP) is 2.44. The van der Waals surface area contributed by atoms with Gasteiger partial charge in [0.25, 0.3) is 0 Å². The zero-order chi connectivity index (χ0) is 13.4. The summed E-state index contributed by atoms with van der Waals surface area (Å²) in [6.45, 7) is 4.92. The van der Waals surface area contributed by atoms with Gasteiger partial charge in [0.2, 0.25) is 0 Å². The fourth-order valence-corrected chi connectivity index (χ4v) is 2.33. The normalized spacial score (nSPS) is 11.5.